The summed E-state index contributed by atoms with van der Waals surface area (Å²) >= 11 is 0. The van der Waals surface area contributed by atoms with E-state index in [4.69, 9.17) is 15.7 Å². The fourth-order valence-electron chi connectivity index (χ4n) is 1.49. The second kappa shape index (κ2) is 8.43. The number of nitrogens with two attached hydrogens (primary N) is 1. The molecule has 0 aromatic heterocycles. The first kappa shape index (κ1) is 13.3. The van der Waals surface area contributed by atoms with Gasteiger partial charge in [0, 0.05) is 18.3 Å². The first-order valence-electron chi connectivity index (χ1n) is 5.90. The Morgan fingerprint density at radius 2 is 2.18 bits per heavy atom. The maximum atomic E-state index is 8.42. The van der Waals surface area contributed by atoms with Crippen molar-refractivity contribution in [2.24, 2.45) is 5.73 Å². The highest BCUT2D eigenvalue weighted by molar-refractivity contribution is 5.48. The third-order valence-electron chi connectivity index (χ3n) is 2.35. The third kappa shape index (κ3) is 5.79. The van der Waals surface area contributed by atoms with Gasteiger partial charge in [0.25, 0.3) is 0 Å². The van der Waals surface area contributed by atoms with Gasteiger partial charge < -0.3 is 15.8 Å². The van der Waals surface area contributed by atoms with Gasteiger partial charge in [-0.05, 0) is 31.5 Å². The molecule has 0 spiro atoms. The molecule has 1 aromatic rings. The van der Waals surface area contributed by atoms with Crippen molar-refractivity contribution in [2.45, 2.75) is 19.3 Å². The Labute approximate surface area is 102 Å². The fraction of sp³-hybridized carbons (Fsp3) is 0.462. The van der Waals surface area contributed by atoms with E-state index in [1.165, 1.54) is 0 Å². The van der Waals surface area contributed by atoms with Crippen molar-refractivity contribution < 1.29 is 4.74 Å². The van der Waals surface area contributed by atoms with Crippen LogP contribution in [0.4, 0.5) is 5.69 Å². The van der Waals surface area contributed by atoms with Crippen molar-refractivity contribution >= 4 is 5.69 Å². The first-order valence-corrected chi connectivity index (χ1v) is 5.90. The van der Waals surface area contributed by atoms with Crippen LogP contribution in [0.2, 0.25) is 0 Å². The van der Waals surface area contributed by atoms with E-state index in [0.717, 1.165) is 43.8 Å². The van der Waals surface area contributed by atoms with Crippen LogP contribution in [0.1, 0.15) is 19.3 Å². The molecule has 0 aliphatic heterocycles. The van der Waals surface area contributed by atoms with Crippen LogP contribution in [0.15, 0.2) is 24.3 Å². The lowest BCUT2D eigenvalue weighted by atomic mass is 10.2. The van der Waals surface area contributed by atoms with Crippen LogP contribution in [0.25, 0.3) is 0 Å². The Kier molecular flexibility index (Phi) is 6.61. The lowest BCUT2D eigenvalue weighted by Gasteiger charge is -2.08. The zero-order chi connectivity index (χ0) is 12.3. The van der Waals surface area contributed by atoms with Crippen LogP contribution in [-0.4, -0.2) is 19.7 Å². The van der Waals surface area contributed by atoms with Crippen molar-refractivity contribution in [3.8, 4) is 11.8 Å². The molecule has 0 aliphatic carbocycles. The molecule has 0 bridgehead atoms. The molecule has 0 unspecified atom stereocenters. The molecule has 0 aliphatic rings. The normalized spacial score (nSPS) is 9.65. The molecular formula is C13H19N3O. The summed E-state index contributed by atoms with van der Waals surface area (Å²) in [5.41, 5.74) is 6.45. The van der Waals surface area contributed by atoms with Gasteiger partial charge in [0.2, 0.25) is 0 Å². The van der Waals surface area contributed by atoms with Gasteiger partial charge in [0.1, 0.15) is 11.8 Å². The summed E-state index contributed by atoms with van der Waals surface area (Å²) in [6.07, 6.45) is 3.33. The standard InChI is InChI=1S/C13H19N3O/c14-7-2-1-3-9-16-12-5-4-6-13(11-12)17-10-8-15/h4-6,11,16H,1-3,7,9-10,14H2. The van der Waals surface area contributed by atoms with Gasteiger partial charge in [-0.1, -0.05) is 12.5 Å². The molecule has 1 rings (SSSR count). The van der Waals surface area contributed by atoms with Crippen LogP contribution >= 0.6 is 0 Å². The maximum Gasteiger partial charge on any atom is 0.174 e. The third-order valence-corrected chi connectivity index (χ3v) is 2.35. The molecular weight excluding hydrogens is 214 g/mol. The highest BCUT2D eigenvalue weighted by Crippen LogP contribution is 2.17. The van der Waals surface area contributed by atoms with E-state index in [-0.39, 0.29) is 6.61 Å². The van der Waals surface area contributed by atoms with Gasteiger partial charge in [-0.15, -0.1) is 0 Å². The SMILES string of the molecule is N#CCOc1cccc(NCCCCCN)c1. The molecule has 1 aromatic carbocycles. The van der Waals surface area contributed by atoms with Gasteiger partial charge in [-0.25, -0.2) is 0 Å². The number of ether oxygens (including phenoxy) is 1. The van der Waals surface area contributed by atoms with Crippen molar-refractivity contribution in [3.63, 3.8) is 0 Å². The zero-order valence-corrected chi connectivity index (χ0v) is 9.98. The number of unbranched alkanes of at least 4 members (excludes halogenated alkanes) is 2. The number of hydrogen-bond acceptors (Lipinski definition) is 4. The molecule has 4 nitrogen and oxygen atoms in total. The molecule has 0 saturated heterocycles. The summed E-state index contributed by atoms with van der Waals surface area (Å²) in [6.45, 7) is 1.78. The van der Waals surface area contributed by atoms with Crippen LogP contribution in [-0.2, 0) is 0 Å². The molecule has 0 amide bonds. The van der Waals surface area contributed by atoms with E-state index >= 15 is 0 Å². The Morgan fingerprint density at radius 1 is 1.29 bits per heavy atom. The van der Waals surface area contributed by atoms with Gasteiger partial charge >= 0.3 is 0 Å². The summed E-state index contributed by atoms with van der Waals surface area (Å²) in [7, 11) is 0. The Hall–Kier alpha value is -1.73. The highest BCUT2D eigenvalue weighted by atomic mass is 16.5. The van der Waals surface area contributed by atoms with Gasteiger partial charge in [-0.2, -0.15) is 5.26 Å². The number of nitrogens with zero attached hydrogens (tertiary/aromatic N) is 1. The topological polar surface area (TPSA) is 71.1 Å². The largest absolute Gasteiger partial charge is 0.479 e. The number of nitrogens with one attached hydrogen (secondary N) is 1. The lowest BCUT2D eigenvalue weighted by Crippen LogP contribution is -2.04. The van der Waals surface area contributed by atoms with E-state index in [9.17, 15) is 0 Å². The average Bonchev–Trinajstić information content (AvgIpc) is 2.37. The number of rotatable bonds is 8. The second-order valence-electron chi connectivity index (χ2n) is 3.75. The molecule has 0 atom stereocenters. The van der Waals surface area contributed by atoms with E-state index in [1.807, 2.05) is 30.3 Å². The predicted octanol–water partition coefficient (Wildman–Crippen LogP) is 2.13. The first-order chi connectivity index (χ1) is 8.36. The molecule has 0 saturated carbocycles. The van der Waals surface area contributed by atoms with Crippen LogP contribution in [0, 0.1) is 11.3 Å². The number of nitriles is 1. The molecule has 0 heterocycles. The van der Waals surface area contributed by atoms with Crippen molar-refractivity contribution in [1.29, 1.82) is 5.26 Å². The van der Waals surface area contributed by atoms with E-state index in [2.05, 4.69) is 5.32 Å². The molecule has 4 heteroatoms. The molecule has 17 heavy (non-hydrogen) atoms. The van der Waals surface area contributed by atoms with Crippen LogP contribution in [0.3, 0.4) is 0 Å². The summed E-state index contributed by atoms with van der Waals surface area (Å²) in [5.74, 6) is 0.721. The molecule has 3 N–H and O–H groups in total. The van der Waals surface area contributed by atoms with Crippen LogP contribution in [0.5, 0.6) is 5.75 Å². The van der Waals surface area contributed by atoms with E-state index in [0.29, 0.717) is 0 Å². The van der Waals surface area contributed by atoms with E-state index in [1.54, 1.807) is 0 Å². The smallest absolute Gasteiger partial charge is 0.174 e. The minimum Gasteiger partial charge on any atom is -0.479 e. The Balaban J connectivity index is 2.30. The van der Waals surface area contributed by atoms with E-state index < -0.39 is 0 Å². The Morgan fingerprint density at radius 3 is 2.94 bits per heavy atom. The lowest BCUT2D eigenvalue weighted by molar-refractivity contribution is 0.368. The summed E-state index contributed by atoms with van der Waals surface area (Å²) in [5, 5.41) is 11.7. The van der Waals surface area contributed by atoms with Gasteiger partial charge in [0.05, 0.1) is 0 Å². The minimum atomic E-state index is 0.0833. The predicted molar refractivity (Wildman–Crippen MR) is 68.9 cm³/mol. The zero-order valence-electron chi connectivity index (χ0n) is 9.98. The average molecular weight is 233 g/mol. The summed E-state index contributed by atoms with van der Waals surface area (Å²) in [4.78, 5) is 0. The molecule has 0 fully saturated rings. The number of anilines is 1. The molecule has 92 valence electrons. The van der Waals surface area contributed by atoms with Crippen molar-refractivity contribution in [3.05, 3.63) is 24.3 Å². The van der Waals surface area contributed by atoms with Crippen molar-refractivity contribution in [2.75, 3.05) is 25.0 Å². The summed E-state index contributed by atoms with van der Waals surface area (Å²) < 4.78 is 5.22. The van der Waals surface area contributed by atoms with Crippen molar-refractivity contribution in [1.82, 2.24) is 0 Å². The Bertz CT molecular complexity index is 360. The fourth-order valence-corrected chi connectivity index (χ4v) is 1.49. The second-order valence-corrected chi connectivity index (χ2v) is 3.75. The number of hydrogen-bond donors (Lipinski definition) is 2. The number of benzene rings is 1. The summed E-state index contributed by atoms with van der Waals surface area (Å²) in [6, 6.07) is 9.59. The monoisotopic (exact) mass is 233 g/mol. The quantitative estimate of drug-likeness (QED) is 0.675. The van der Waals surface area contributed by atoms with Crippen LogP contribution < -0.4 is 15.8 Å². The maximum absolute atomic E-state index is 8.42. The van der Waals surface area contributed by atoms with Gasteiger partial charge in [0.15, 0.2) is 6.61 Å². The highest BCUT2D eigenvalue weighted by Gasteiger charge is 1.96. The minimum absolute atomic E-state index is 0.0833. The molecule has 0 radical (unpaired) electrons. The van der Waals surface area contributed by atoms with Gasteiger partial charge in [-0.3, -0.25) is 0 Å².